The summed E-state index contributed by atoms with van der Waals surface area (Å²) in [5.41, 5.74) is -0.955. The van der Waals surface area contributed by atoms with Crippen LogP contribution in [0.3, 0.4) is 0 Å². The molecule has 41 heavy (non-hydrogen) atoms. The van der Waals surface area contributed by atoms with Crippen molar-refractivity contribution in [1.29, 1.82) is 0 Å². The number of rotatable bonds is 11. The molecule has 12 heteroatoms. The number of carbonyl (C=O) groups is 4. The van der Waals surface area contributed by atoms with Crippen LogP contribution in [0.1, 0.15) is 90.6 Å². The number of aliphatic imine (C=N–C) groups is 1. The first-order chi connectivity index (χ1) is 19.6. The first-order valence-electron chi connectivity index (χ1n) is 14.4. The third-order valence-corrected chi connectivity index (χ3v) is 7.75. The molecule has 0 aliphatic carbocycles. The molecule has 2 aliphatic rings. The molecule has 0 aromatic carbocycles. The topological polar surface area (TPSA) is 149 Å². The van der Waals surface area contributed by atoms with Gasteiger partial charge in [-0.3, -0.25) is 14.4 Å². The zero-order valence-corrected chi connectivity index (χ0v) is 25.2. The van der Waals surface area contributed by atoms with Gasteiger partial charge in [-0.15, -0.1) is 0 Å². The van der Waals surface area contributed by atoms with E-state index < -0.39 is 29.6 Å². The zero-order chi connectivity index (χ0) is 29.8. The molecule has 0 fully saturated rings. The Hall–Kier alpha value is -3.15. The maximum absolute atomic E-state index is 13.2. The SMILES string of the molecule is CCCCCCCC(=O)SCCC=C[C@@H]1CC(=O)NCc2nc(co2)C2=N[C@@](C)(CO2)C(=O)N[C@@H](C(C)C)C(=O)O1. The second-order valence-corrected chi connectivity index (χ2v) is 12.0. The lowest BCUT2D eigenvalue weighted by Crippen LogP contribution is -2.53. The number of carbonyl (C=O) groups excluding carboxylic acids is 4. The molecule has 0 unspecified atom stereocenters. The Morgan fingerprint density at radius 1 is 1.22 bits per heavy atom. The van der Waals surface area contributed by atoms with E-state index in [1.807, 2.05) is 6.08 Å². The van der Waals surface area contributed by atoms with Crippen LogP contribution in [-0.4, -0.2) is 63.8 Å². The Labute approximate surface area is 245 Å². The van der Waals surface area contributed by atoms with Gasteiger partial charge in [0.05, 0.1) is 13.0 Å². The van der Waals surface area contributed by atoms with Crippen LogP contribution in [0.25, 0.3) is 0 Å². The highest BCUT2D eigenvalue weighted by Gasteiger charge is 2.43. The number of allylic oxidation sites excluding steroid dienone is 1. The van der Waals surface area contributed by atoms with Crippen molar-refractivity contribution in [3.63, 3.8) is 0 Å². The van der Waals surface area contributed by atoms with Crippen molar-refractivity contribution < 1.29 is 33.1 Å². The molecule has 0 spiro atoms. The predicted molar refractivity (Wildman–Crippen MR) is 155 cm³/mol. The quantitative estimate of drug-likeness (QED) is 0.223. The summed E-state index contributed by atoms with van der Waals surface area (Å²) in [4.78, 5) is 60.0. The average molecular weight is 591 g/mol. The molecule has 3 rings (SSSR count). The van der Waals surface area contributed by atoms with Crippen molar-refractivity contribution in [3.05, 3.63) is 30.0 Å². The summed E-state index contributed by atoms with van der Waals surface area (Å²) in [6.07, 6.45) is 10.5. The molecule has 0 radical (unpaired) electrons. The minimum Gasteiger partial charge on any atom is -0.473 e. The fourth-order valence-corrected chi connectivity index (χ4v) is 5.03. The van der Waals surface area contributed by atoms with E-state index in [4.69, 9.17) is 13.9 Å². The van der Waals surface area contributed by atoms with Gasteiger partial charge < -0.3 is 24.5 Å². The summed E-state index contributed by atoms with van der Waals surface area (Å²) in [5.74, 6) is -0.830. The first kappa shape index (κ1) is 32.4. The van der Waals surface area contributed by atoms with Crippen LogP contribution in [0.15, 0.2) is 27.8 Å². The van der Waals surface area contributed by atoms with E-state index in [0.717, 1.165) is 19.3 Å². The van der Waals surface area contributed by atoms with Gasteiger partial charge in [0.15, 0.2) is 16.3 Å². The van der Waals surface area contributed by atoms with Crippen LogP contribution in [0, 0.1) is 5.92 Å². The van der Waals surface area contributed by atoms with Crippen LogP contribution in [0.5, 0.6) is 0 Å². The molecule has 3 atom stereocenters. The smallest absolute Gasteiger partial charge is 0.329 e. The standard InChI is InChI=1S/C29H42N4O7S/c1-5-6-7-8-9-13-24(35)41-14-11-10-12-20-15-22(34)30-16-23-31-21(17-38-23)26-33-29(4,18-39-26)28(37)32-25(19(2)3)27(36)40-20/h10,12,17,19-20,25H,5-9,11,13-16,18H2,1-4H3,(H,30,34)(H,32,37)/t20-,25+,29+/m1/s1. The monoisotopic (exact) mass is 590 g/mol. The van der Waals surface area contributed by atoms with Crippen molar-refractivity contribution in [2.24, 2.45) is 10.9 Å². The lowest BCUT2D eigenvalue weighted by atomic mass is 10.00. The normalized spacial score (nSPS) is 23.6. The highest BCUT2D eigenvalue weighted by atomic mass is 32.2. The van der Waals surface area contributed by atoms with E-state index in [9.17, 15) is 19.2 Å². The number of nitrogens with zero attached hydrogens (tertiary/aromatic N) is 2. The molecular formula is C29H42N4O7S. The second-order valence-electron chi connectivity index (χ2n) is 10.9. The van der Waals surface area contributed by atoms with Gasteiger partial charge in [0.25, 0.3) is 5.91 Å². The number of cyclic esters (lactones) is 1. The summed E-state index contributed by atoms with van der Waals surface area (Å²) >= 11 is 1.29. The summed E-state index contributed by atoms with van der Waals surface area (Å²) in [6, 6.07) is -0.963. The second kappa shape index (κ2) is 15.7. The van der Waals surface area contributed by atoms with Crippen LogP contribution >= 0.6 is 11.8 Å². The zero-order valence-electron chi connectivity index (χ0n) is 24.4. The van der Waals surface area contributed by atoms with Gasteiger partial charge in [-0.25, -0.2) is 14.8 Å². The molecule has 2 N–H and O–H groups in total. The largest absolute Gasteiger partial charge is 0.473 e. The van der Waals surface area contributed by atoms with Crippen molar-refractivity contribution >= 4 is 40.6 Å². The number of aromatic nitrogens is 1. The number of amides is 2. The highest BCUT2D eigenvalue weighted by Crippen LogP contribution is 2.23. The van der Waals surface area contributed by atoms with Crippen molar-refractivity contribution in [3.8, 4) is 0 Å². The number of unbranched alkanes of at least 4 members (excludes halogenated alkanes) is 4. The van der Waals surface area contributed by atoms with Crippen LogP contribution in [0.2, 0.25) is 0 Å². The predicted octanol–water partition coefficient (Wildman–Crippen LogP) is 3.85. The number of fused-ring (bicyclic) bond motifs is 4. The van der Waals surface area contributed by atoms with E-state index in [1.165, 1.54) is 30.9 Å². The Morgan fingerprint density at radius 3 is 2.76 bits per heavy atom. The molecule has 4 bridgehead atoms. The van der Waals surface area contributed by atoms with E-state index in [-0.39, 0.29) is 48.3 Å². The molecule has 2 amide bonds. The third kappa shape index (κ3) is 10.0. The fraction of sp³-hybridized carbons (Fsp3) is 0.655. The van der Waals surface area contributed by atoms with Crippen molar-refractivity contribution in [2.45, 2.75) is 103 Å². The summed E-state index contributed by atoms with van der Waals surface area (Å²) in [7, 11) is 0. The molecule has 11 nitrogen and oxygen atoms in total. The van der Waals surface area contributed by atoms with E-state index in [0.29, 0.717) is 24.3 Å². The molecular weight excluding hydrogens is 548 g/mol. The third-order valence-electron chi connectivity index (χ3n) is 6.78. The van der Waals surface area contributed by atoms with Gasteiger partial charge in [-0.2, -0.15) is 0 Å². The minimum absolute atomic E-state index is 0.0140. The molecule has 0 saturated carbocycles. The molecule has 0 saturated heterocycles. The number of esters is 1. The van der Waals surface area contributed by atoms with Gasteiger partial charge in [-0.1, -0.05) is 64.3 Å². The molecule has 3 heterocycles. The van der Waals surface area contributed by atoms with Crippen LogP contribution < -0.4 is 10.6 Å². The molecule has 1 aromatic rings. The number of nitrogens with one attached hydrogen (secondary N) is 2. The average Bonchev–Trinajstić information content (AvgIpc) is 3.56. The van der Waals surface area contributed by atoms with Gasteiger partial charge in [-0.05, 0) is 31.8 Å². The number of hydrogen-bond donors (Lipinski definition) is 2. The summed E-state index contributed by atoms with van der Waals surface area (Å²) in [5, 5.41) is 5.65. The van der Waals surface area contributed by atoms with Gasteiger partial charge in [0.1, 0.15) is 25.0 Å². The summed E-state index contributed by atoms with van der Waals surface area (Å²) in [6.45, 7) is 7.34. The minimum atomic E-state index is -1.27. The Bertz CT molecular complexity index is 1130. The lowest BCUT2D eigenvalue weighted by molar-refractivity contribution is -0.153. The molecule has 2 aliphatic heterocycles. The highest BCUT2D eigenvalue weighted by molar-refractivity contribution is 8.13. The Balaban J connectivity index is 1.66. The number of thioether (sulfide) groups is 1. The number of oxazole rings is 1. The van der Waals surface area contributed by atoms with Crippen LogP contribution in [0.4, 0.5) is 0 Å². The maximum Gasteiger partial charge on any atom is 0.329 e. The maximum atomic E-state index is 13.2. The van der Waals surface area contributed by atoms with Crippen LogP contribution in [-0.2, 0) is 35.2 Å². The van der Waals surface area contributed by atoms with Gasteiger partial charge in [0, 0.05) is 12.2 Å². The lowest BCUT2D eigenvalue weighted by Gasteiger charge is -2.26. The Morgan fingerprint density at radius 2 is 2.00 bits per heavy atom. The fourth-order valence-electron chi connectivity index (χ4n) is 4.26. The van der Waals surface area contributed by atoms with E-state index >= 15 is 0 Å². The van der Waals surface area contributed by atoms with Gasteiger partial charge in [0.2, 0.25) is 17.7 Å². The van der Waals surface area contributed by atoms with Crippen molar-refractivity contribution in [2.75, 3.05) is 12.4 Å². The molecule has 226 valence electrons. The molecule has 1 aromatic heterocycles. The van der Waals surface area contributed by atoms with E-state index in [2.05, 4.69) is 27.5 Å². The Kier molecular flexibility index (Phi) is 12.4. The number of hydrogen-bond acceptors (Lipinski definition) is 10. The van der Waals surface area contributed by atoms with Gasteiger partial charge >= 0.3 is 5.97 Å². The number of ether oxygens (including phenoxy) is 2. The first-order valence-corrected chi connectivity index (χ1v) is 15.4. The van der Waals surface area contributed by atoms with Crippen molar-refractivity contribution in [1.82, 2.24) is 15.6 Å². The van der Waals surface area contributed by atoms with E-state index in [1.54, 1.807) is 26.8 Å². The summed E-state index contributed by atoms with van der Waals surface area (Å²) < 4.78 is 16.8.